The monoisotopic (exact) mass is 385 g/mol. The van der Waals surface area contributed by atoms with Gasteiger partial charge in [-0.05, 0) is 47.8 Å². The number of hydrogen-bond acceptors (Lipinski definition) is 2. The number of aromatic nitrogens is 3. The number of nitrogens with one attached hydrogen (secondary N) is 2. The van der Waals surface area contributed by atoms with E-state index in [1.54, 1.807) is 0 Å². The molecule has 0 aromatic carbocycles. The summed E-state index contributed by atoms with van der Waals surface area (Å²) in [5.74, 6) is 0. The topological polar surface area (TPSA) is 70.1 Å². The lowest BCUT2D eigenvalue weighted by Gasteiger charge is -1.92. The van der Waals surface area contributed by atoms with Gasteiger partial charge in [-0.25, -0.2) is 14.3 Å². The van der Waals surface area contributed by atoms with E-state index in [1.165, 1.54) is 4.40 Å². The lowest BCUT2D eigenvalue weighted by molar-refractivity contribution is 0.856. The number of nitrogens with zero attached hydrogens (tertiary/aromatic N) is 1. The van der Waals surface area contributed by atoms with E-state index in [0.717, 1.165) is 0 Å². The van der Waals surface area contributed by atoms with Gasteiger partial charge >= 0.3 is 5.69 Å². The van der Waals surface area contributed by atoms with Gasteiger partial charge in [0.1, 0.15) is 10.1 Å². The van der Waals surface area contributed by atoms with Crippen LogP contribution in [0, 0.1) is 0 Å². The van der Waals surface area contributed by atoms with Crippen LogP contribution >= 0.6 is 47.8 Å². The van der Waals surface area contributed by atoms with Crippen molar-refractivity contribution in [2.45, 2.75) is 0 Å². The third-order valence-electron chi connectivity index (χ3n) is 1.70. The Kier molecular flexibility index (Phi) is 2.44. The summed E-state index contributed by atoms with van der Waals surface area (Å²) in [7, 11) is 0. The van der Waals surface area contributed by atoms with Crippen molar-refractivity contribution in [2.75, 3.05) is 0 Å². The van der Waals surface area contributed by atoms with Crippen LogP contribution in [0.15, 0.2) is 23.1 Å². The number of H-pyrrole nitrogens is 2. The van der Waals surface area contributed by atoms with E-state index in [9.17, 15) is 9.59 Å². The maximum Gasteiger partial charge on any atom is 0.345 e. The van der Waals surface area contributed by atoms with E-state index in [0.29, 0.717) is 13.5 Å². The van der Waals surface area contributed by atoms with Crippen LogP contribution in [0.2, 0.25) is 0 Å². The van der Waals surface area contributed by atoms with Crippen molar-refractivity contribution in [2.24, 2.45) is 0 Å². The van der Waals surface area contributed by atoms with Gasteiger partial charge in [0.25, 0.3) is 5.56 Å². The number of fused-ring (bicyclic) bond motifs is 1. The number of halogens is 3. The molecule has 0 radical (unpaired) electrons. The molecule has 0 amide bonds. The van der Waals surface area contributed by atoms with Crippen LogP contribution in [0.3, 0.4) is 0 Å². The van der Waals surface area contributed by atoms with Crippen LogP contribution in [-0.2, 0) is 0 Å². The molecule has 0 aliphatic rings. The summed E-state index contributed by atoms with van der Waals surface area (Å²) in [5.41, 5.74) is -0.534. The van der Waals surface area contributed by atoms with Crippen molar-refractivity contribution in [1.29, 1.82) is 0 Å². The Morgan fingerprint density at radius 2 is 1.64 bits per heavy atom. The van der Waals surface area contributed by atoms with Gasteiger partial charge in [0.05, 0.1) is 8.95 Å². The van der Waals surface area contributed by atoms with Gasteiger partial charge in [-0.1, -0.05) is 0 Å². The quantitative estimate of drug-likeness (QED) is 0.721. The zero-order chi connectivity index (χ0) is 10.5. The van der Waals surface area contributed by atoms with Crippen LogP contribution in [-0.4, -0.2) is 14.6 Å². The van der Waals surface area contributed by atoms with Crippen molar-refractivity contribution in [3.05, 3.63) is 34.4 Å². The minimum absolute atomic E-state index is 0.257. The molecule has 0 bridgehead atoms. The molecule has 0 saturated carbocycles. The van der Waals surface area contributed by atoms with E-state index in [1.807, 2.05) is 0 Å². The van der Waals surface area contributed by atoms with Crippen molar-refractivity contribution < 1.29 is 0 Å². The predicted octanol–water partition coefficient (Wildman–Crippen LogP) is 1.60. The highest BCUT2D eigenvalue weighted by Gasteiger charge is 2.16. The fourth-order valence-electron chi connectivity index (χ4n) is 1.11. The lowest BCUT2D eigenvalue weighted by Crippen LogP contribution is -2.25. The van der Waals surface area contributed by atoms with Crippen molar-refractivity contribution in [3.63, 3.8) is 0 Å². The molecule has 0 aliphatic heterocycles. The molecule has 2 N–H and O–H groups in total. The van der Waals surface area contributed by atoms with Gasteiger partial charge in [-0.2, -0.15) is 0 Å². The Hall–Kier alpha value is -0.340. The summed E-state index contributed by atoms with van der Waals surface area (Å²) in [4.78, 5) is 22.8. The van der Waals surface area contributed by atoms with Crippen molar-refractivity contribution >= 4 is 53.3 Å². The third-order valence-corrected chi connectivity index (χ3v) is 5.06. The average Bonchev–Trinajstić information content (AvgIpc) is 2.38. The molecule has 0 unspecified atom stereocenters. The number of hydrogen-bond donors (Lipinski definition) is 2. The summed E-state index contributed by atoms with van der Waals surface area (Å²) in [6, 6.07) is 0. The van der Waals surface area contributed by atoms with E-state index >= 15 is 0 Å². The summed E-state index contributed by atoms with van der Waals surface area (Å²) in [5, 5.41) is 4.46. The maximum atomic E-state index is 11.4. The van der Waals surface area contributed by atoms with E-state index < -0.39 is 5.69 Å². The van der Waals surface area contributed by atoms with Gasteiger partial charge in [0.2, 0.25) is 0 Å². The van der Waals surface area contributed by atoms with Crippen molar-refractivity contribution in [1.82, 2.24) is 14.6 Å². The van der Waals surface area contributed by atoms with Crippen LogP contribution < -0.4 is 11.2 Å². The molecule has 2 heterocycles. The molecule has 0 fully saturated rings. The van der Waals surface area contributed by atoms with Gasteiger partial charge < -0.3 is 0 Å². The largest absolute Gasteiger partial charge is 0.345 e. The number of rotatable bonds is 0. The molecule has 5 nitrogen and oxygen atoms in total. The Morgan fingerprint density at radius 1 is 1.00 bits per heavy atom. The second-order valence-electron chi connectivity index (χ2n) is 2.49. The zero-order valence-corrected chi connectivity index (χ0v) is 11.2. The fourth-order valence-corrected chi connectivity index (χ4v) is 2.82. The van der Waals surface area contributed by atoms with Crippen LogP contribution in [0.5, 0.6) is 0 Å². The molecule has 74 valence electrons. The zero-order valence-electron chi connectivity index (χ0n) is 6.40. The van der Waals surface area contributed by atoms with Gasteiger partial charge in [0.15, 0.2) is 0 Å². The van der Waals surface area contributed by atoms with E-state index in [4.69, 9.17) is 0 Å². The smallest absolute Gasteiger partial charge is 0.266 e. The first kappa shape index (κ1) is 10.2. The van der Waals surface area contributed by atoms with Crippen LogP contribution in [0.4, 0.5) is 0 Å². The van der Waals surface area contributed by atoms with Gasteiger partial charge in [-0.15, -0.1) is 0 Å². The minimum Gasteiger partial charge on any atom is -0.266 e. The molecule has 8 heteroatoms. The Balaban J connectivity index is 3.25. The highest BCUT2D eigenvalue weighted by Crippen LogP contribution is 2.34. The Labute approximate surface area is 102 Å². The summed E-state index contributed by atoms with van der Waals surface area (Å²) in [6.45, 7) is 0. The molecule has 0 saturated heterocycles. The van der Waals surface area contributed by atoms with E-state index in [-0.39, 0.29) is 11.1 Å². The van der Waals surface area contributed by atoms with Gasteiger partial charge in [0, 0.05) is 0 Å². The molecule has 0 atom stereocenters. The molecular formula is C6H2Br3N3O2. The standard InChI is InChI=1S/C6H2Br3N3O2/c7-1-2(8)4(9)12-3(1)5(13)10-11-6(12)14/h(H,10,13)(H,11,14). The SMILES string of the molecule is O=c1[nH][nH]c(=O)n2c(Br)c(Br)c(Br)c12. The van der Waals surface area contributed by atoms with Crippen molar-refractivity contribution in [3.8, 4) is 0 Å². The Morgan fingerprint density at radius 3 is 2.21 bits per heavy atom. The molecular weight excluding hydrogens is 386 g/mol. The molecule has 2 aromatic heterocycles. The highest BCUT2D eigenvalue weighted by atomic mass is 79.9. The van der Waals surface area contributed by atoms with Crippen LogP contribution in [0.25, 0.3) is 5.52 Å². The first-order valence-electron chi connectivity index (χ1n) is 3.40. The maximum absolute atomic E-state index is 11.4. The summed E-state index contributed by atoms with van der Waals surface area (Å²) in [6.07, 6.45) is 0. The third kappa shape index (κ3) is 1.24. The molecule has 0 aliphatic carbocycles. The number of aromatic amines is 2. The lowest BCUT2D eigenvalue weighted by atomic mass is 10.5. The average molecular weight is 388 g/mol. The fraction of sp³-hybridized carbons (Fsp3) is 0. The first-order chi connectivity index (χ1) is 6.54. The first-order valence-corrected chi connectivity index (χ1v) is 5.78. The van der Waals surface area contributed by atoms with E-state index in [2.05, 4.69) is 58.0 Å². The minimum atomic E-state index is -0.419. The second kappa shape index (κ2) is 3.35. The molecule has 0 spiro atoms. The second-order valence-corrected chi connectivity index (χ2v) is 4.82. The predicted molar refractivity (Wildman–Crippen MR) is 61.7 cm³/mol. The van der Waals surface area contributed by atoms with Gasteiger partial charge in [-0.3, -0.25) is 9.89 Å². The highest BCUT2D eigenvalue weighted by molar-refractivity contribution is 9.14. The summed E-state index contributed by atoms with van der Waals surface area (Å²) >= 11 is 9.66. The summed E-state index contributed by atoms with van der Waals surface area (Å²) < 4.78 is 2.88. The normalized spacial score (nSPS) is 11.1. The Bertz CT molecular complexity index is 571. The molecule has 14 heavy (non-hydrogen) atoms. The molecule has 2 rings (SSSR count). The van der Waals surface area contributed by atoms with Crippen LogP contribution in [0.1, 0.15) is 0 Å². The molecule has 2 aromatic rings.